The van der Waals surface area contributed by atoms with Crippen LogP contribution in [0, 0.1) is 5.41 Å². The molecule has 3 aliphatic rings. The number of hydrogen-bond acceptors (Lipinski definition) is 5. The normalized spacial score (nSPS) is 29.2. The first kappa shape index (κ1) is 19.5. The summed E-state index contributed by atoms with van der Waals surface area (Å²) in [6, 6.07) is 2.00. The fraction of sp³-hybridized carbons (Fsp3) is 0.636. The van der Waals surface area contributed by atoms with E-state index in [1.54, 1.807) is 17.1 Å². The highest BCUT2D eigenvalue weighted by molar-refractivity contribution is 5.98. The second kappa shape index (κ2) is 7.04. The van der Waals surface area contributed by atoms with Crippen molar-refractivity contribution in [1.82, 2.24) is 29.5 Å². The minimum absolute atomic E-state index is 0.000368. The van der Waals surface area contributed by atoms with Crippen LogP contribution in [0.2, 0.25) is 0 Å². The van der Waals surface area contributed by atoms with E-state index in [1.807, 2.05) is 22.9 Å². The van der Waals surface area contributed by atoms with Gasteiger partial charge in [-0.05, 0) is 38.8 Å². The molecular weight excluding hydrogens is 380 g/mol. The van der Waals surface area contributed by atoms with Gasteiger partial charge in [-0.2, -0.15) is 5.10 Å². The third-order valence-electron chi connectivity index (χ3n) is 7.67. The molecule has 2 aromatic rings. The lowest BCUT2D eigenvalue weighted by molar-refractivity contribution is -0.146. The highest BCUT2D eigenvalue weighted by Gasteiger charge is 2.61. The number of carbonyl (C=O) groups is 2. The van der Waals surface area contributed by atoms with Gasteiger partial charge in [-0.1, -0.05) is 6.92 Å². The van der Waals surface area contributed by atoms with Gasteiger partial charge in [0.15, 0.2) is 0 Å². The summed E-state index contributed by atoms with van der Waals surface area (Å²) in [6.45, 7) is 5.50. The first-order valence-electron chi connectivity index (χ1n) is 11.0. The highest BCUT2D eigenvalue weighted by atomic mass is 16.2. The van der Waals surface area contributed by atoms with Crippen molar-refractivity contribution in [3.63, 3.8) is 0 Å². The van der Waals surface area contributed by atoms with Gasteiger partial charge in [0.1, 0.15) is 5.52 Å². The Bertz CT molecular complexity index is 995. The zero-order valence-corrected chi connectivity index (χ0v) is 18.0. The lowest BCUT2D eigenvalue weighted by Gasteiger charge is -2.42. The maximum atomic E-state index is 13.7. The Balaban J connectivity index is 1.43. The van der Waals surface area contributed by atoms with Crippen LogP contribution in [-0.2, 0) is 11.8 Å². The van der Waals surface area contributed by atoms with Crippen molar-refractivity contribution in [3.05, 3.63) is 24.0 Å². The SMILES string of the molecule is CC[C@]1(C(=O)N2CCN(C)CC2)C[C@H]2CC[C@@H]1N2C(=O)c1cnc2cnn(C)c2c1. The number of nitrogens with zero attached hydrogens (tertiary/aromatic N) is 6. The van der Waals surface area contributed by atoms with E-state index in [4.69, 9.17) is 0 Å². The van der Waals surface area contributed by atoms with Gasteiger partial charge in [0, 0.05) is 51.5 Å². The molecule has 8 nitrogen and oxygen atoms in total. The van der Waals surface area contributed by atoms with E-state index in [9.17, 15) is 9.59 Å². The van der Waals surface area contributed by atoms with Crippen LogP contribution >= 0.6 is 0 Å². The van der Waals surface area contributed by atoms with Gasteiger partial charge in [-0.25, -0.2) is 0 Å². The molecule has 5 rings (SSSR count). The van der Waals surface area contributed by atoms with Gasteiger partial charge in [0.05, 0.1) is 22.7 Å². The van der Waals surface area contributed by atoms with Crippen molar-refractivity contribution < 1.29 is 9.59 Å². The van der Waals surface area contributed by atoms with Gasteiger partial charge < -0.3 is 14.7 Å². The minimum Gasteiger partial charge on any atom is -0.340 e. The molecule has 160 valence electrons. The van der Waals surface area contributed by atoms with Crippen LogP contribution in [0.1, 0.15) is 43.0 Å². The Morgan fingerprint density at radius 3 is 2.63 bits per heavy atom. The van der Waals surface area contributed by atoms with E-state index < -0.39 is 5.41 Å². The smallest absolute Gasteiger partial charge is 0.256 e. The van der Waals surface area contributed by atoms with Crippen molar-refractivity contribution in [1.29, 1.82) is 0 Å². The summed E-state index contributed by atoms with van der Waals surface area (Å²) in [7, 11) is 3.96. The Labute approximate surface area is 176 Å². The molecule has 0 unspecified atom stereocenters. The average Bonchev–Trinajstić information content (AvgIpc) is 3.45. The third-order valence-corrected chi connectivity index (χ3v) is 7.67. The van der Waals surface area contributed by atoms with Gasteiger partial charge >= 0.3 is 0 Å². The molecule has 0 N–H and O–H groups in total. The van der Waals surface area contributed by atoms with E-state index in [0.717, 1.165) is 62.9 Å². The van der Waals surface area contributed by atoms with Crippen molar-refractivity contribution in [2.24, 2.45) is 12.5 Å². The van der Waals surface area contributed by atoms with Gasteiger partial charge in [-0.15, -0.1) is 0 Å². The number of hydrogen-bond donors (Lipinski definition) is 0. The molecule has 3 aliphatic heterocycles. The molecule has 0 aromatic carbocycles. The lowest BCUT2D eigenvalue weighted by atomic mass is 9.70. The molecule has 0 spiro atoms. The lowest BCUT2D eigenvalue weighted by Crippen LogP contribution is -2.55. The molecule has 0 saturated carbocycles. The summed E-state index contributed by atoms with van der Waals surface area (Å²) in [5.74, 6) is 0.253. The molecule has 0 aliphatic carbocycles. The van der Waals surface area contributed by atoms with E-state index in [0.29, 0.717) is 5.56 Å². The van der Waals surface area contributed by atoms with Gasteiger partial charge in [0.2, 0.25) is 5.91 Å². The molecule has 3 fully saturated rings. The van der Waals surface area contributed by atoms with Crippen molar-refractivity contribution >= 4 is 22.8 Å². The summed E-state index contributed by atoms with van der Waals surface area (Å²) in [5.41, 5.74) is 1.77. The number of aryl methyl sites for hydroxylation is 1. The number of pyridine rings is 1. The third kappa shape index (κ3) is 2.76. The number of amides is 2. The number of rotatable bonds is 3. The van der Waals surface area contributed by atoms with Gasteiger partial charge in [-0.3, -0.25) is 19.3 Å². The number of fused-ring (bicyclic) bond motifs is 3. The predicted octanol–water partition coefficient (Wildman–Crippen LogP) is 1.52. The number of carbonyl (C=O) groups excluding carboxylic acids is 2. The Morgan fingerprint density at radius 1 is 1.13 bits per heavy atom. The minimum atomic E-state index is -0.446. The summed E-state index contributed by atoms with van der Waals surface area (Å²) < 4.78 is 1.74. The fourth-order valence-corrected chi connectivity index (χ4v) is 5.87. The first-order chi connectivity index (χ1) is 14.4. The molecule has 2 aromatic heterocycles. The molecule has 30 heavy (non-hydrogen) atoms. The molecule has 5 heterocycles. The Morgan fingerprint density at radius 2 is 1.90 bits per heavy atom. The van der Waals surface area contributed by atoms with Crippen LogP contribution in [0.4, 0.5) is 0 Å². The largest absolute Gasteiger partial charge is 0.340 e. The monoisotopic (exact) mass is 410 g/mol. The zero-order valence-electron chi connectivity index (χ0n) is 18.0. The molecule has 3 atom stereocenters. The van der Waals surface area contributed by atoms with Crippen LogP contribution < -0.4 is 0 Å². The number of piperazine rings is 1. The quantitative estimate of drug-likeness (QED) is 0.767. The average molecular weight is 411 g/mol. The van der Waals surface area contributed by atoms with Crippen LogP contribution in [0.3, 0.4) is 0 Å². The fourth-order valence-electron chi connectivity index (χ4n) is 5.87. The maximum Gasteiger partial charge on any atom is 0.256 e. The van der Waals surface area contributed by atoms with E-state index >= 15 is 0 Å². The Hall–Kier alpha value is -2.48. The first-order valence-corrected chi connectivity index (χ1v) is 11.0. The summed E-state index contributed by atoms with van der Waals surface area (Å²) >= 11 is 0. The summed E-state index contributed by atoms with van der Waals surface area (Å²) in [4.78, 5) is 38.0. The number of aromatic nitrogens is 3. The molecule has 3 saturated heterocycles. The number of likely N-dealkylation sites (N-methyl/N-ethyl adjacent to an activating group) is 1. The van der Waals surface area contributed by atoms with Crippen LogP contribution in [0.15, 0.2) is 18.5 Å². The van der Waals surface area contributed by atoms with Crippen molar-refractivity contribution in [2.45, 2.75) is 44.7 Å². The van der Waals surface area contributed by atoms with E-state index in [2.05, 4.69) is 29.0 Å². The second-order valence-corrected chi connectivity index (χ2v) is 9.17. The molecule has 2 amide bonds. The van der Waals surface area contributed by atoms with Gasteiger partial charge in [0.25, 0.3) is 5.91 Å². The predicted molar refractivity (Wildman–Crippen MR) is 113 cm³/mol. The molecular formula is C22H30N6O2. The van der Waals surface area contributed by atoms with Crippen molar-refractivity contribution in [2.75, 3.05) is 33.2 Å². The van der Waals surface area contributed by atoms with Crippen LogP contribution in [0.25, 0.3) is 11.0 Å². The summed E-state index contributed by atoms with van der Waals surface area (Å²) in [5, 5.41) is 4.23. The summed E-state index contributed by atoms with van der Waals surface area (Å²) in [6.07, 6.45) is 6.81. The van der Waals surface area contributed by atoms with Crippen LogP contribution in [-0.4, -0.2) is 86.6 Å². The maximum absolute atomic E-state index is 13.7. The van der Waals surface area contributed by atoms with Crippen molar-refractivity contribution in [3.8, 4) is 0 Å². The van der Waals surface area contributed by atoms with Crippen LogP contribution in [0.5, 0.6) is 0 Å². The molecule has 0 radical (unpaired) electrons. The van der Waals surface area contributed by atoms with E-state index in [1.165, 1.54) is 0 Å². The molecule has 8 heteroatoms. The zero-order chi connectivity index (χ0) is 21.0. The molecule has 2 bridgehead atoms. The topological polar surface area (TPSA) is 74.6 Å². The second-order valence-electron chi connectivity index (χ2n) is 9.17. The van der Waals surface area contributed by atoms with E-state index in [-0.39, 0.29) is 23.9 Å². The Kier molecular flexibility index (Phi) is 4.57. The highest BCUT2D eigenvalue weighted by Crippen LogP contribution is 2.53. The standard InChI is InChI=1S/C22H30N6O2/c1-4-22(21(30)27-9-7-25(2)8-10-27)12-16-5-6-19(22)28(16)20(29)15-11-18-17(23-13-15)14-24-26(18)3/h11,13-14,16,19H,4-10,12H2,1-3H3/t16-,19+,22+/m1/s1.